The quantitative estimate of drug-likeness (QED) is 0.629. The molecule has 0 unspecified atom stereocenters. The van der Waals surface area contributed by atoms with Crippen LogP contribution in [0.3, 0.4) is 0 Å². The van der Waals surface area contributed by atoms with E-state index in [1.54, 1.807) is 18.4 Å². The number of halogens is 1. The van der Waals surface area contributed by atoms with Crippen LogP contribution in [0.5, 0.6) is 0 Å². The number of aryl methyl sites for hydroxylation is 1. The first-order valence-electron chi connectivity index (χ1n) is 6.09. The lowest BCUT2D eigenvalue weighted by Gasteiger charge is -2.11. The van der Waals surface area contributed by atoms with Crippen LogP contribution in [-0.2, 0) is 0 Å². The molecule has 0 amide bonds. The Morgan fingerprint density at radius 2 is 1.89 bits per heavy atom. The molecule has 0 fully saturated rings. The number of hydrogen-bond acceptors (Lipinski definition) is 1. The fourth-order valence-corrected chi connectivity index (χ4v) is 2.39. The van der Waals surface area contributed by atoms with Gasteiger partial charge in [0, 0.05) is 10.9 Å². The van der Waals surface area contributed by atoms with Gasteiger partial charge in [-0.15, -0.1) is 0 Å². The summed E-state index contributed by atoms with van der Waals surface area (Å²) in [6.45, 7) is 6.06. The fraction of sp³-hybridized carbons (Fsp3) is 0.0588. The van der Waals surface area contributed by atoms with Crippen LogP contribution in [0.1, 0.15) is 16.7 Å². The zero-order chi connectivity index (χ0) is 13.4. The van der Waals surface area contributed by atoms with E-state index < -0.39 is 0 Å². The lowest BCUT2D eigenvalue weighted by molar-refractivity contribution is 0.615. The highest BCUT2D eigenvalue weighted by Gasteiger charge is 2.14. The van der Waals surface area contributed by atoms with Crippen molar-refractivity contribution in [1.29, 1.82) is 0 Å². The van der Waals surface area contributed by atoms with Crippen LogP contribution in [-0.4, -0.2) is 0 Å². The molecule has 0 atom stereocenters. The Hall–Kier alpha value is -2.35. The van der Waals surface area contributed by atoms with Crippen LogP contribution >= 0.6 is 0 Å². The van der Waals surface area contributed by atoms with Gasteiger partial charge in [0.05, 0.1) is 6.26 Å². The molecule has 3 rings (SSSR count). The van der Waals surface area contributed by atoms with Crippen LogP contribution in [0.25, 0.3) is 16.5 Å². The van der Waals surface area contributed by atoms with Gasteiger partial charge in [0.25, 0.3) is 0 Å². The first-order chi connectivity index (χ1) is 9.18. The van der Waals surface area contributed by atoms with Crippen LogP contribution in [0.15, 0.2) is 59.7 Å². The summed E-state index contributed by atoms with van der Waals surface area (Å²) in [5, 5.41) is 0.966. The van der Waals surface area contributed by atoms with E-state index in [2.05, 4.69) is 6.58 Å². The van der Waals surface area contributed by atoms with Crippen molar-refractivity contribution in [2.24, 2.45) is 0 Å². The van der Waals surface area contributed by atoms with E-state index in [9.17, 15) is 4.39 Å². The molecule has 1 heterocycles. The third-order valence-electron chi connectivity index (χ3n) is 3.34. The molecule has 0 aliphatic carbocycles. The molecule has 3 aromatic rings. The van der Waals surface area contributed by atoms with Crippen LogP contribution in [0.4, 0.5) is 4.39 Å². The molecule has 0 saturated carbocycles. The van der Waals surface area contributed by atoms with Crippen molar-refractivity contribution in [3.05, 3.63) is 77.8 Å². The van der Waals surface area contributed by atoms with Crippen molar-refractivity contribution in [2.45, 2.75) is 6.92 Å². The van der Waals surface area contributed by atoms with E-state index in [0.29, 0.717) is 11.1 Å². The summed E-state index contributed by atoms with van der Waals surface area (Å²) in [6.07, 6.45) is 1.64. The Morgan fingerprint density at radius 3 is 2.68 bits per heavy atom. The van der Waals surface area contributed by atoms with E-state index in [4.69, 9.17) is 4.42 Å². The highest BCUT2D eigenvalue weighted by atomic mass is 19.1. The largest absolute Gasteiger partial charge is 0.464 e. The van der Waals surface area contributed by atoms with E-state index in [1.807, 2.05) is 31.2 Å². The molecular formula is C17H13FO. The molecule has 0 aliphatic heterocycles. The Balaban J connectivity index is 2.25. The van der Waals surface area contributed by atoms with Gasteiger partial charge in [0.1, 0.15) is 11.4 Å². The van der Waals surface area contributed by atoms with Gasteiger partial charge in [-0.05, 0) is 41.8 Å². The summed E-state index contributed by atoms with van der Waals surface area (Å²) in [7, 11) is 0. The topological polar surface area (TPSA) is 13.1 Å². The van der Waals surface area contributed by atoms with Crippen LogP contribution < -0.4 is 0 Å². The number of fused-ring (bicyclic) bond motifs is 1. The SMILES string of the molecule is C=C(c1ccccc1F)c1c(C)ccc2occc12. The Morgan fingerprint density at radius 1 is 1.11 bits per heavy atom. The van der Waals surface area contributed by atoms with E-state index >= 15 is 0 Å². The Kier molecular flexibility index (Phi) is 2.71. The number of benzene rings is 2. The summed E-state index contributed by atoms with van der Waals surface area (Å²) < 4.78 is 19.3. The fourth-order valence-electron chi connectivity index (χ4n) is 2.39. The smallest absolute Gasteiger partial charge is 0.134 e. The van der Waals surface area contributed by atoms with Gasteiger partial charge in [-0.2, -0.15) is 0 Å². The number of furan rings is 1. The molecular weight excluding hydrogens is 239 g/mol. The normalized spacial score (nSPS) is 10.8. The molecule has 0 spiro atoms. The molecule has 2 heteroatoms. The molecule has 2 aromatic carbocycles. The van der Waals surface area contributed by atoms with Crippen LogP contribution in [0, 0.1) is 12.7 Å². The minimum absolute atomic E-state index is 0.257. The molecule has 0 saturated heterocycles. The maximum absolute atomic E-state index is 13.9. The molecule has 0 bridgehead atoms. The molecule has 0 radical (unpaired) electrons. The lowest BCUT2D eigenvalue weighted by Crippen LogP contribution is -1.94. The number of rotatable bonds is 2. The second-order valence-electron chi connectivity index (χ2n) is 4.55. The third-order valence-corrected chi connectivity index (χ3v) is 3.34. The molecule has 0 aliphatic rings. The molecule has 1 aromatic heterocycles. The van der Waals surface area contributed by atoms with Gasteiger partial charge < -0.3 is 4.42 Å². The van der Waals surface area contributed by atoms with E-state index in [1.165, 1.54) is 6.07 Å². The van der Waals surface area contributed by atoms with Crippen molar-refractivity contribution >= 4 is 16.5 Å². The van der Waals surface area contributed by atoms with Gasteiger partial charge >= 0.3 is 0 Å². The van der Waals surface area contributed by atoms with E-state index in [0.717, 1.165) is 22.1 Å². The third kappa shape index (κ3) is 1.85. The second kappa shape index (κ2) is 4.39. The standard InChI is InChI=1S/C17H13FO/c1-11-7-8-16-14(9-10-19-16)17(11)12(2)13-5-3-4-6-15(13)18/h3-10H,2H2,1H3. The number of hydrogen-bond donors (Lipinski definition) is 0. The maximum atomic E-state index is 13.9. The summed E-state index contributed by atoms with van der Waals surface area (Å²) in [5.41, 5.74) is 4.00. The molecule has 94 valence electrons. The maximum Gasteiger partial charge on any atom is 0.134 e. The molecule has 1 nitrogen and oxygen atoms in total. The summed E-state index contributed by atoms with van der Waals surface area (Å²) in [4.78, 5) is 0. The van der Waals surface area contributed by atoms with Crippen molar-refractivity contribution < 1.29 is 8.81 Å². The Labute approximate surface area is 111 Å². The van der Waals surface area contributed by atoms with Gasteiger partial charge in [0.15, 0.2) is 0 Å². The summed E-state index contributed by atoms with van der Waals surface area (Å²) in [6, 6.07) is 12.5. The summed E-state index contributed by atoms with van der Waals surface area (Å²) >= 11 is 0. The zero-order valence-corrected chi connectivity index (χ0v) is 10.6. The minimum atomic E-state index is -0.257. The van der Waals surface area contributed by atoms with Crippen molar-refractivity contribution in [3.63, 3.8) is 0 Å². The predicted octanol–water partition coefficient (Wildman–Crippen LogP) is 4.94. The van der Waals surface area contributed by atoms with Gasteiger partial charge in [-0.25, -0.2) is 4.39 Å². The van der Waals surface area contributed by atoms with Gasteiger partial charge in [0.2, 0.25) is 0 Å². The highest BCUT2D eigenvalue weighted by Crippen LogP contribution is 2.33. The van der Waals surface area contributed by atoms with Crippen molar-refractivity contribution in [3.8, 4) is 0 Å². The van der Waals surface area contributed by atoms with Gasteiger partial charge in [-0.3, -0.25) is 0 Å². The van der Waals surface area contributed by atoms with E-state index in [-0.39, 0.29) is 5.82 Å². The average Bonchev–Trinajstić information content (AvgIpc) is 2.86. The predicted molar refractivity (Wildman–Crippen MR) is 75.5 cm³/mol. The lowest BCUT2D eigenvalue weighted by atomic mass is 9.93. The zero-order valence-electron chi connectivity index (χ0n) is 10.6. The Bertz CT molecular complexity index is 768. The first kappa shape index (κ1) is 11.7. The second-order valence-corrected chi connectivity index (χ2v) is 4.55. The highest BCUT2D eigenvalue weighted by molar-refractivity contribution is 5.96. The minimum Gasteiger partial charge on any atom is -0.464 e. The summed E-state index contributed by atoms with van der Waals surface area (Å²) in [5.74, 6) is -0.257. The van der Waals surface area contributed by atoms with Gasteiger partial charge in [-0.1, -0.05) is 30.8 Å². The monoisotopic (exact) mass is 252 g/mol. The van der Waals surface area contributed by atoms with Crippen LogP contribution in [0.2, 0.25) is 0 Å². The van der Waals surface area contributed by atoms with Crippen molar-refractivity contribution in [1.82, 2.24) is 0 Å². The first-order valence-corrected chi connectivity index (χ1v) is 6.09. The molecule has 0 N–H and O–H groups in total. The average molecular weight is 252 g/mol. The molecule has 19 heavy (non-hydrogen) atoms. The van der Waals surface area contributed by atoms with Crippen molar-refractivity contribution in [2.75, 3.05) is 0 Å².